The van der Waals surface area contributed by atoms with Gasteiger partial charge in [-0.15, -0.1) is 0 Å². The highest BCUT2D eigenvalue weighted by Crippen LogP contribution is 2.12. The maximum atomic E-state index is 9.45. The Hall–Kier alpha value is -1.17. The Morgan fingerprint density at radius 3 is 2.50 bits per heavy atom. The molecule has 6 heteroatoms. The number of hydrogen-bond donors (Lipinski definition) is 1. The molecule has 16 heavy (non-hydrogen) atoms. The van der Waals surface area contributed by atoms with Crippen molar-refractivity contribution in [1.82, 2.24) is 5.01 Å². The second-order valence-corrected chi connectivity index (χ2v) is 3.97. The minimum atomic E-state index is -0.816. The average molecular weight is 231 g/mol. The number of methoxy groups -OCH3 is 1. The third-order valence-electron chi connectivity index (χ3n) is 2.19. The standard InChI is InChI=1S/C10H23N4O2/c1-7-14(15)8-10(4,16-6)13(5)12-11-9(2)3/h8-9,15H,7H2,1-6H3/q+1/b12-11?,14-8+. The average Bonchev–Trinajstić information content (AvgIpc) is 2.25. The van der Waals surface area contributed by atoms with E-state index in [0.717, 1.165) is 4.74 Å². The summed E-state index contributed by atoms with van der Waals surface area (Å²) in [6.45, 7) is 7.99. The van der Waals surface area contributed by atoms with Crippen LogP contribution in [0.1, 0.15) is 27.7 Å². The first kappa shape index (κ1) is 14.8. The first-order chi connectivity index (χ1) is 7.35. The van der Waals surface area contributed by atoms with Crippen molar-refractivity contribution in [2.45, 2.75) is 39.5 Å². The van der Waals surface area contributed by atoms with Gasteiger partial charge in [-0.2, -0.15) is 5.11 Å². The Kier molecular flexibility index (Phi) is 5.95. The predicted octanol–water partition coefficient (Wildman–Crippen LogP) is 1.55. The fourth-order valence-electron chi connectivity index (χ4n) is 0.906. The summed E-state index contributed by atoms with van der Waals surface area (Å²) in [7, 11) is 3.30. The van der Waals surface area contributed by atoms with E-state index in [1.807, 2.05) is 20.8 Å². The van der Waals surface area contributed by atoms with Crippen molar-refractivity contribution in [1.29, 1.82) is 0 Å². The molecular weight excluding hydrogens is 208 g/mol. The van der Waals surface area contributed by atoms with Gasteiger partial charge in [-0.05, 0) is 32.4 Å². The van der Waals surface area contributed by atoms with Crippen LogP contribution in [0.3, 0.4) is 0 Å². The number of hydroxylamine groups is 1. The van der Waals surface area contributed by atoms with Crippen molar-refractivity contribution in [3.05, 3.63) is 0 Å². The van der Waals surface area contributed by atoms with Gasteiger partial charge in [0, 0.05) is 14.2 Å². The Bertz CT molecular complexity index is 266. The molecule has 0 amide bonds. The summed E-state index contributed by atoms with van der Waals surface area (Å²) in [6.07, 6.45) is 1.55. The minimum absolute atomic E-state index is 0.125. The molecule has 0 aromatic heterocycles. The monoisotopic (exact) mass is 231 g/mol. The lowest BCUT2D eigenvalue weighted by molar-refractivity contribution is -0.771. The number of ether oxygens (including phenoxy) is 1. The smallest absolute Gasteiger partial charge is 0.246 e. The molecule has 0 radical (unpaired) electrons. The van der Waals surface area contributed by atoms with E-state index in [-0.39, 0.29) is 6.04 Å². The van der Waals surface area contributed by atoms with E-state index >= 15 is 0 Å². The van der Waals surface area contributed by atoms with E-state index in [2.05, 4.69) is 10.3 Å². The summed E-state index contributed by atoms with van der Waals surface area (Å²) < 4.78 is 6.38. The van der Waals surface area contributed by atoms with Crippen molar-refractivity contribution >= 4 is 6.21 Å². The van der Waals surface area contributed by atoms with Crippen LogP contribution in [0.2, 0.25) is 0 Å². The molecule has 0 saturated heterocycles. The van der Waals surface area contributed by atoms with E-state index in [4.69, 9.17) is 4.74 Å². The summed E-state index contributed by atoms with van der Waals surface area (Å²) in [6, 6.07) is 0.125. The van der Waals surface area contributed by atoms with Gasteiger partial charge in [-0.25, -0.2) is 5.01 Å². The van der Waals surface area contributed by atoms with Crippen molar-refractivity contribution < 1.29 is 14.7 Å². The van der Waals surface area contributed by atoms with Crippen LogP contribution in [0, 0.1) is 0 Å². The first-order valence-corrected chi connectivity index (χ1v) is 5.37. The molecule has 1 atom stereocenters. The lowest BCUT2D eigenvalue weighted by Gasteiger charge is -2.28. The Balaban J connectivity index is 4.81. The Labute approximate surface area is 97.2 Å². The van der Waals surface area contributed by atoms with E-state index in [9.17, 15) is 5.21 Å². The molecule has 0 aromatic rings. The van der Waals surface area contributed by atoms with Crippen molar-refractivity contribution in [3.63, 3.8) is 0 Å². The van der Waals surface area contributed by atoms with Crippen LogP contribution >= 0.6 is 0 Å². The molecule has 6 nitrogen and oxygen atoms in total. The van der Waals surface area contributed by atoms with E-state index in [1.165, 1.54) is 0 Å². The molecule has 0 aliphatic carbocycles. The van der Waals surface area contributed by atoms with Gasteiger partial charge in [0.15, 0.2) is 6.54 Å². The third-order valence-corrected chi connectivity index (χ3v) is 2.19. The molecule has 0 aliphatic rings. The van der Waals surface area contributed by atoms with Crippen LogP contribution in [0.5, 0.6) is 0 Å². The van der Waals surface area contributed by atoms with Gasteiger partial charge in [-0.1, -0.05) is 5.22 Å². The highest BCUT2D eigenvalue weighted by atomic mass is 16.5. The van der Waals surface area contributed by atoms with Crippen LogP contribution in [0.4, 0.5) is 0 Å². The largest absolute Gasteiger partial charge is 0.349 e. The van der Waals surface area contributed by atoms with Crippen LogP contribution in [-0.2, 0) is 4.74 Å². The Morgan fingerprint density at radius 1 is 1.56 bits per heavy atom. The maximum Gasteiger partial charge on any atom is 0.246 e. The summed E-state index contributed by atoms with van der Waals surface area (Å²) in [4.78, 5) is 0. The zero-order valence-electron chi connectivity index (χ0n) is 11.0. The number of nitrogens with zero attached hydrogens (tertiary/aromatic N) is 4. The molecule has 0 rings (SSSR count). The van der Waals surface area contributed by atoms with Crippen LogP contribution in [0.25, 0.3) is 0 Å². The molecule has 0 spiro atoms. The second-order valence-electron chi connectivity index (χ2n) is 3.97. The van der Waals surface area contributed by atoms with Gasteiger partial charge >= 0.3 is 0 Å². The van der Waals surface area contributed by atoms with E-state index in [1.54, 1.807) is 32.3 Å². The lowest BCUT2D eigenvalue weighted by atomic mass is 10.3. The second kappa shape index (κ2) is 6.42. The van der Waals surface area contributed by atoms with Crippen molar-refractivity contribution in [3.8, 4) is 0 Å². The van der Waals surface area contributed by atoms with Crippen LogP contribution in [-0.4, -0.2) is 53.6 Å². The fourth-order valence-corrected chi connectivity index (χ4v) is 0.906. The zero-order valence-corrected chi connectivity index (χ0v) is 11.0. The van der Waals surface area contributed by atoms with Crippen molar-refractivity contribution in [2.24, 2.45) is 10.3 Å². The van der Waals surface area contributed by atoms with Gasteiger partial charge < -0.3 is 4.74 Å². The third kappa shape index (κ3) is 4.57. The van der Waals surface area contributed by atoms with Gasteiger partial charge in [0.1, 0.15) is 0 Å². The normalized spacial score (nSPS) is 16.8. The molecule has 1 unspecified atom stereocenters. The Morgan fingerprint density at radius 2 is 2.12 bits per heavy atom. The van der Waals surface area contributed by atoms with Gasteiger partial charge in [0.25, 0.3) is 0 Å². The molecule has 0 aliphatic heterocycles. The summed E-state index contributed by atoms with van der Waals surface area (Å²) in [5, 5.41) is 19.1. The minimum Gasteiger partial charge on any atom is -0.349 e. The topological polar surface area (TPSA) is 60.4 Å². The molecular formula is C10H23N4O2+. The quantitative estimate of drug-likeness (QED) is 0.188. The molecule has 1 N–H and O–H groups in total. The summed E-state index contributed by atoms with van der Waals surface area (Å²) in [5.41, 5.74) is -0.816. The fraction of sp³-hybridized carbons (Fsp3) is 0.900. The number of rotatable bonds is 6. The zero-order chi connectivity index (χ0) is 12.8. The van der Waals surface area contributed by atoms with Gasteiger partial charge in [-0.3, -0.25) is 5.21 Å². The molecule has 0 aromatic carbocycles. The maximum absolute atomic E-state index is 9.45. The SMILES string of the molecule is CC/[N+](O)=C\C(C)(OC)N(C)N=NC(C)C. The summed E-state index contributed by atoms with van der Waals surface area (Å²) >= 11 is 0. The van der Waals surface area contributed by atoms with Crippen LogP contribution in [0.15, 0.2) is 10.3 Å². The van der Waals surface area contributed by atoms with Gasteiger partial charge in [0.2, 0.25) is 11.9 Å². The van der Waals surface area contributed by atoms with Gasteiger partial charge in [0.05, 0.1) is 6.04 Å². The van der Waals surface area contributed by atoms with E-state index in [0.29, 0.717) is 6.54 Å². The molecule has 0 heterocycles. The van der Waals surface area contributed by atoms with Crippen molar-refractivity contribution in [2.75, 3.05) is 20.7 Å². The number of hydrogen-bond acceptors (Lipinski definition) is 4. The first-order valence-electron chi connectivity index (χ1n) is 5.37. The molecule has 0 saturated carbocycles. The molecule has 0 fully saturated rings. The molecule has 94 valence electrons. The highest BCUT2D eigenvalue weighted by molar-refractivity contribution is 5.61. The predicted molar refractivity (Wildman–Crippen MR) is 61.8 cm³/mol. The summed E-state index contributed by atoms with van der Waals surface area (Å²) in [5.74, 6) is 0. The van der Waals surface area contributed by atoms with E-state index < -0.39 is 5.72 Å². The highest BCUT2D eigenvalue weighted by Gasteiger charge is 2.32. The lowest BCUT2D eigenvalue weighted by Crippen LogP contribution is -2.46. The molecule has 0 bridgehead atoms. The van der Waals surface area contributed by atoms with Crippen LogP contribution < -0.4 is 0 Å².